The normalized spacial score (nSPS) is 32.9. The molecule has 0 saturated carbocycles. The van der Waals surface area contributed by atoms with Crippen LogP contribution in [-0.2, 0) is 6.42 Å². The van der Waals surface area contributed by atoms with Crippen LogP contribution >= 0.6 is 11.8 Å². The van der Waals surface area contributed by atoms with Gasteiger partial charge < -0.3 is 4.90 Å². The smallest absolute Gasteiger partial charge is 0.0263 e. The molecule has 1 aromatic rings. The minimum Gasteiger partial charge on any atom is -0.302 e. The van der Waals surface area contributed by atoms with Gasteiger partial charge in [-0.15, -0.1) is 11.8 Å². The Hall–Kier alpha value is -0.470. The molecule has 2 heteroatoms. The number of thioether (sulfide) groups is 1. The van der Waals surface area contributed by atoms with Crippen molar-refractivity contribution in [3.63, 3.8) is 0 Å². The van der Waals surface area contributed by atoms with Gasteiger partial charge >= 0.3 is 0 Å². The van der Waals surface area contributed by atoms with E-state index in [1.807, 2.05) is 0 Å². The molecule has 0 aliphatic carbocycles. The molecule has 3 rings (SSSR count). The van der Waals surface area contributed by atoms with E-state index in [4.69, 9.17) is 0 Å². The van der Waals surface area contributed by atoms with Crippen LogP contribution in [-0.4, -0.2) is 29.8 Å². The minimum absolute atomic E-state index is 0.782. The molecule has 1 nitrogen and oxygen atoms in total. The molecule has 17 heavy (non-hydrogen) atoms. The van der Waals surface area contributed by atoms with Crippen LogP contribution in [0.2, 0.25) is 0 Å². The monoisotopic (exact) mass is 247 g/mol. The Morgan fingerprint density at radius 2 is 1.88 bits per heavy atom. The van der Waals surface area contributed by atoms with E-state index >= 15 is 0 Å². The zero-order chi connectivity index (χ0) is 11.8. The maximum absolute atomic E-state index is 2.67. The highest BCUT2D eigenvalue weighted by molar-refractivity contribution is 8.00. The molecule has 92 valence electrons. The minimum atomic E-state index is 0.782. The molecule has 0 N–H and O–H groups in total. The van der Waals surface area contributed by atoms with E-state index in [1.54, 1.807) is 5.56 Å². The average molecular weight is 247 g/mol. The molecule has 0 amide bonds. The summed E-state index contributed by atoms with van der Waals surface area (Å²) >= 11 is 2.08. The van der Waals surface area contributed by atoms with E-state index in [9.17, 15) is 0 Å². The highest BCUT2D eigenvalue weighted by Crippen LogP contribution is 2.37. The molecule has 2 aliphatic heterocycles. The summed E-state index contributed by atoms with van der Waals surface area (Å²) in [4.78, 5) is 4.18. The molecular formula is C15H21NS. The summed E-state index contributed by atoms with van der Waals surface area (Å²) in [5.74, 6) is 1.76. The molecule has 0 spiro atoms. The summed E-state index contributed by atoms with van der Waals surface area (Å²) in [6.07, 6.45) is 1.26. The van der Waals surface area contributed by atoms with Crippen molar-refractivity contribution in [3.05, 3.63) is 29.8 Å². The molecule has 3 unspecified atom stereocenters. The second-order valence-electron chi connectivity index (χ2n) is 5.72. The lowest BCUT2D eigenvalue weighted by atomic mass is 10.0. The lowest BCUT2D eigenvalue weighted by molar-refractivity contribution is 0.324. The second kappa shape index (κ2) is 4.66. The SMILES string of the molecule is CC1CN(CC2Cc3ccccc3S2)CC1C. The van der Waals surface area contributed by atoms with Crippen LogP contribution in [0.5, 0.6) is 0 Å². The van der Waals surface area contributed by atoms with Crippen LogP contribution in [0.15, 0.2) is 29.2 Å². The van der Waals surface area contributed by atoms with Gasteiger partial charge in [0, 0.05) is 29.8 Å². The second-order valence-corrected chi connectivity index (χ2v) is 7.07. The molecule has 0 radical (unpaired) electrons. The maximum Gasteiger partial charge on any atom is 0.0263 e. The summed E-state index contributed by atoms with van der Waals surface area (Å²) < 4.78 is 0. The summed E-state index contributed by atoms with van der Waals surface area (Å²) in [7, 11) is 0. The Morgan fingerprint density at radius 1 is 1.18 bits per heavy atom. The summed E-state index contributed by atoms with van der Waals surface area (Å²) in [5, 5.41) is 0.782. The fourth-order valence-corrected chi connectivity index (χ4v) is 4.41. The van der Waals surface area contributed by atoms with Gasteiger partial charge in [-0.25, -0.2) is 0 Å². The van der Waals surface area contributed by atoms with Crippen molar-refractivity contribution in [2.24, 2.45) is 11.8 Å². The third-order valence-electron chi connectivity index (χ3n) is 4.24. The van der Waals surface area contributed by atoms with Gasteiger partial charge in [0.25, 0.3) is 0 Å². The van der Waals surface area contributed by atoms with Crippen molar-refractivity contribution in [2.45, 2.75) is 30.4 Å². The Labute approximate surface area is 109 Å². The Balaban J connectivity index is 1.59. The summed E-state index contributed by atoms with van der Waals surface area (Å²) in [5.41, 5.74) is 1.56. The predicted molar refractivity (Wildman–Crippen MR) is 74.6 cm³/mol. The first-order valence-corrected chi connectivity index (χ1v) is 7.57. The van der Waals surface area contributed by atoms with Crippen molar-refractivity contribution in [3.8, 4) is 0 Å². The quantitative estimate of drug-likeness (QED) is 0.789. The first kappa shape index (κ1) is 11.6. The largest absolute Gasteiger partial charge is 0.302 e. The topological polar surface area (TPSA) is 3.24 Å². The summed E-state index contributed by atoms with van der Waals surface area (Å²) in [6.45, 7) is 8.65. The number of fused-ring (bicyclic) bond motifs is 1. The molecule has 0 aromatic heterocycles. The van der Waals surface area contributed by atoms with Crippen LogP contribution in [0.3, 0.4) is 0 Å². The van der Waals surface area contributed by atoms with Gasteiger partial charge in [0.15, 0.2) is 0 Å². The lowest BCUT2D eigenvalue weighted by Crippen LogP contribution is -2.29. The van der Waals surface area contributed by atoms with Crippen molar-refractivity contribution in [1.29, 1.82) is 0 Å². The molecule has 1 fully saturated rings. The molecule has 3 atom stereocenters. The van der Waals surface area contributed by atoms with Crippen LogP contribution in [0.25, 0.3) is 0 Å². The van der Waals surface area contributed by atoms with E-state index < -0.39 is 0 Å². The van der Waals surface area contributed by atoms with Gasteiger partial charge in [0.05, 0.1) is 0 Å². The molecule has 2 heterocycles. The average Bonchev–Trinajstić information content (AvgIpc) is 2.83. The van der Waals surface area contributed by atoms with E-state index in [0.717, 1.165) is 17.1 Å². The first-order chi connectivity index (χ1) is 8.22. The van der Waals surface area contributed by atoms with Crippen LogP contribution in [0, 0.1) is 11.8 Å². The number of rotatable bonds is 2. The third-order valence-corrected chi connectivity index (χ3v) is 5.54. The van der Waals surface area contributed by atoms with Crippen molar-refractivity contribution < 1.29 is 0 Å². The van der Waals surface area contributed by atoms with Gasteiger partial charge in [-0.1, -0.05) is 32.0 Å². The fraction of sp³-hybridized carbons (Fsp3) is 0.600. The van der Waals surface area contributed by atoms with E-state index in [1.165, 1.54) is 31.0 Å². The Morgan fingerprint density at radius 3 is 2.59 bits per heavy atom. The number of hydrogen-bond donors (Lipinski definition) is 0. The number of hydrogen-bond acceptors (Lipinski definition) is 2. The van der Waals surface area contributed by atoms with Crippen LogP contribution < -0.4 is 0 Å². The maximum atomic E-state index is 2.67. The van der Waals surface area contributed by atoms with Gasteiger partial charge in [0.2, 0.25) is 0 Å². The highest BCUT2D eigenvalue weighted by atomic mass is 32.2. The molecule has 0 bridgehead atoms. The lowest BCUT2D eigenvalue weighted by Gasteiger charge is -2.19. The van der Waals surface area contributed by atoms with Crippen LogP contribution in [0.4, 0.5) is 0 Å². The number of likely N-dealkylation sites (tertiary alicyclic amines) is 1. The van der Waals surface area contributed by atoms with Crippen LogP contribution in [0.1, 0.15) is 19.4 Å². The van der Waals surface area contributed by atoms with Crippen molar-refractivity contribution in [2.75, 3.05) is 19.6 Å². The fourth-order valence-electron chi connectivity index (χ4n) is 3.04. The van der Waals surface area contributed by atoms with Crippen molar-refractivity contribution >= 4 is 11.8 Å². The van der Waals surface area contributed by atoms with Gasteiger partial charge in [-0.3, -0.25) is 0 Å². The van der Waals surface area contributed by atoms with Crippen molar-refractivity contribution in [1.82, 2.24) is 4.90 Å². The van der Waals surface area contributed by atoms with Gasteiger partial charge in [-0.2, -0.15) is 0 Å². The zero-order valence-electron chi connectivity index (χ0n) is 10.7. The molecule has 1 saturated heterocycles. The highest BCUT2D eigenvalue weighted by Gasteiger charge is 2.30. The molecule has 1 aromatic carbocycles. The Bertz CT molecular complexity index is 369. The number of benzene rings is 1. The Kier molecular flexibility index (Phi) is 3.18. The standard InChI is InChI=1S/C15H21NS/c1-11-8-16(9-12(11)2)10-14-7-13-5-3-4-6-15(13)17-14/h3-6,11-12,14H,7-10H2,1-2H3. The summed E-state index contributed by atoms with van der Waals surface area (Å²) in [6, 6.07) is 8.89. The first-order valence-electron chi connectivity index (χ1n) is 6.69. The van der Waals surface area contributed by atoms with Gasteiger partial charge in [0.1, 0.15) is 0 Å². The zero-order valence-corrected chi connectivity index (χ0v) is 11.5. The predicted octanol–water partition coefficient (Wildman–Crippen LogP) is 3.29. The third kappa shape index (κ3) is 2.38. The molecular weight excluding hydrogens is 226 g/mol. The van der Waals surface area contributed by atoms with E-state index in [-0.39, 0.29) is 0 Å². The number of nitrogens with zero attached hydrogens (tertiary/aromatic N) is 1. The van der Waals surface area contributed by atoms with E-state index in [0.29, 0.717) is 0 Å². The van der Waals surface area contributed by atoms with E-state index in [2.05, 4.69) is 54.8 Å². The van der Waals surface area contributed by atoms with Gasteiger partial charge in [-0.05, 0) is 29.9 Å². The molecule has 2 aliphatic rings.